The van der Waals surface area contributed by atoms with E-state index < -0.39 is 0 Å². The number of hydrogen-bond donors (Lipinski definition) is 1. The molecule has 90 valence electrons. The van der Waals surface area contributed by atoms with E-state index in [9.17, 15) is 0 Å². The summed E-state index contributed by atoms with van der Waals surface area (Å²) in [7, 11) is 2.15. The molecule has 1 aliphatic rings. The van der Waals surface area contributed by atoms with Gasteiger partial charge in [-0.15, -0.1) is 0 Å². The Bertz CT molecular complexity index is 157. The largest absolute Gasteiger partial charge is 0.316 e. The third-order valence-electron chi connectivity index (χ3n) is 4.36. The lowest BCUT2D eigenvalue weighted by Crippen LogP contribution is -2.41. The van der Waals surface area contributed by atoms with Crippen LogP contribution in [0.4, 0.5) is 0 Å². The van der Waals surface area contributed by atoms with Gasteiger partial charge in [0, 0.05) is 6.04 Å². The van der Waals surface area contributed by atoms with Crippen LogP contribution in [0.1, 0.15) is 59.3 Å². The molecule has 0 aliphatic heterocycles. The number of hydrogen-bond acceptors (Lipinski definition) is 1. The summed E-state index contributed by atoms with van der Waals surface area (Å²) in [6.45, 7) is 7.12. The van der Waals surface area contributed by atoms with Crippen molar-refractivity contribution in [3.05, 3.63) is 0 Å². The molecule has 1 aliphatic carbocycles. The molecule has 1 rings (SSSR count). The first-order valence-electron chi connectivity index (χ1n) is 6.84. The van der Waals surface area contributed by atoms with Gasteiger partial charge in [0.2, 0.25) is 0 Å². The van der Waals surface area contributed by atoms with Crippen LogP contribution in [0.2, 0.25) is 0 Å². The zero-order valence-electron chi connectivity index (χ0n) is 11.1. The molecule has 1 fully saturated rings. The molecule has 15 heavy (non-hydrogen) atoms. The van der Waals surface area contributed by atoms with Gasteiger partial charge in [-0.05, 0) is 37.6 Å². The molecule has 0 bridgehead atoms. The fourth-order valence-corrected chi connectivity index (χ4v) is 3.01. The van der Waals surface area contributed by atoms with Crippen LogP contribution in [0.5, 0.6) is 0 Å². The molecule has 1 heteroatoms. The highest BCUT2D eigenvalue weighted by Crippen LogP contribution is 2.30. The summed E-state index contributed by atoms with van der Waals surface area (Å²) in [5.41, 5.74) is 0. The SMILES string of the molecule is CNC(C1CCCCCC1)C(C)C(C)C. The Morgan fingerprint density at radius 2 is 1.47 bits per heavy atom. The molecular weight excluding hydrogens is 182 g/mol. The molecule has 1 nitrogen and oxygen atoms in total. The Hall–Kier alpha value is -0.0400. The third kappa shape index (κ3) is 3.79. The average Bonchev–Trinajstić information content (AvgIpc) is 2.47. The molecule has 0 aromatic rings. The maximum absolute atomic E-state index is 3.58. The van der Waals surface area contributed by atoms with E-state index in [1.165, 1.54) is 38.5 Å². The van der Waals surface area contributed by atoms with Gasteiger partial charge in [-0.1, -0.05) is 46.5 Å². The second-order valence-electron chi connectivity index (χ2n) is 5.67. The van der Waals surface area contributed by atoms with Gasteiger partial charge in [0.15, 0.2) is 0 Å². The average molecular weight is 211 g/mol. The Labute approximate surface area is 96.0 Å². The first-order chi connectivity index (χ1) is 7.16. The van der Waals surface area contributed by atoms with E-state index in [1.807, 2.05) is 0 Å². The first kappa shape index (κ1) is 13.0. The maximum atomic E-state index is 3.58. The second-order valence-corrected chi connectivity index (χ2v) is 5.67. The van der Waals surface area contributed by atoms with E-state index in [0.717, 1.165) is 23.8 Å². The van der Waals surface area contributed by atoms with Crippen molar-refractivity contribution in [1.82, 2.24) is 5.32 Å². The summed E-state index contributed by atoms with van der Waals surface area (Å²) < 4.78 is 0. The monoisotopic (exact) mass is 211 g/mol. The number of nitrogens with one attached hydrogen (secondary N) is 1. The Morgan fingerprint density at radius 1 is 0.933 bits per heavy atom. The van der Waals surface area contributed by atoms with Crippen molar-refractivity contribution in [2.45, 2.75) is 65.3 Å². The molecule has 0 radical (unpaired) electrons. The molecule has 2 unspecified atom stereocenters. The van der Waals surface area contributed by atoms with Crippen LogP contribution in [-0.2, 0) is 0 Å². The summed E-state index contributed by atoms with van der Waals surface area (Å²) in [5.74, 6) is 2.53. The van der Waals surface area contributed by atoms with Crippen molar-refractivity contribution in [3.8, 4) is 0 Å². The summed E-state index contributed by atoms with van der Waals surface area (Å²) in [4.78, 5) is 0. The van der Waals surface area contributed by atoms with E-state index in [0.29, 0.717) is 0 Å². The van der Waals surface area contributed by atoms with E-state index in [4.69, 9.17) is 0 Å². The molecule has 0 amide bonds. The molecule has 1 saturated carbocycles. The lowest BCUT2D eigenvalue weighted by molar-refractivity contribution is 0.216. The van der Waals surface area contributed by atoms with Crippen molar-refractivity contribution in [2.75, 3.05) is 7.05 Å². The van der Waals surface area contributed by atoms with Gasteiger partial charge >= 0.3 is 0 Å². The van der Waals surface area contributed by atoms with E-state index in [-0.39, 0.29) is 0 Å². The second kappa shape index (κ2) is 6.52. The van der Waals surface area contributed by atoms with Crippen molar-refractivity contribution < 1.29 is 0 Å². The quantitative estimate of drug-likeness (QED) is 0.697. The fraction of sp³-hybridized carbons (Fsp3) is 1.00. The maximum Gasteiger partial charge on any atom is 0.0120 e. The van der Waals surface area contributed by atoms with Crippen molar-refractivity contribution in [1.29, 1.82) is 0 Å². The normalized spacial score (nSPS) is 23.8. The molecular formula is C14H29N. The zero-order valence-corrected chi connectivity index (χ0v) is 11.1. The van der Waals surface area contributed by atoms with Gasteiger partial charge in [-0.25, -0.2) is 0 Å². The zero-order chi connectivity index (χ0) is 11.3. The molecule has 1 N–H and O–H groups in total. The van der Waals surface area contributed by atoms with Gasteiger partial charge < -0.3 is 5.32 Å². The summed E-state index contributed by atoms with van der Waals surface area (Å²) >= 11 is 0. The van der Waals surface area contributed by atoms with Crippen LogP contribution in [-0.4, -0.2) is 13.1 Å². The highest BCUT2D eigenvalue weighted by Gasteiger charge is 2.27. The minimum Gasteiger partial charge on any atom is -0.316 e. The predicted octanol–water partition coefficient (Wildman–Crippen LogP) is 3.84. The predicted molar refractivity (Wildman–Crippen MR) is 68.0 cm³/mol. The van der Waals surface area contributed by atoms with Crippen molar-refractivity contribution >= 4 is 0 Å². The summed E-state index contributed by atoms with van der Waals surface area (Å²) in [6.07, 6.45) is 8.72. The van der Waals surface area contributed by atoms with Gasteiger partial charge in [0.25, 0.3) is 0 Å². The van der Waals surface area contributed by atoms with Gasteiger partial charge in [-0.3, -0.25) is 0 Å². The van der Waals surface area contributed by atoms with Crippen LogP contribution < -0.4 is 5.32 Å². The molecule has 0 aromatic heterocycles. The van der Waals surface area contributed by atoms with Gasteiger partial charge in [-0.2, -0.15) is 0 Å². The van der Waals surface area contributed by atoms with Crippen molar-refractivity contribution in [2.24, 2.45) is 17.8 Å². The van der Waals surface area contributed by atoms with E-state index >= 15 is 0 Å². The first-order valence-corrected chi connectivity index (χ1v) is 6.84. The lowest BCUT2D eigenvalue weighted by Gasteiger charge is -2.33. The Kier molecular flexibility index (Phi) is 5.66. The molecule has 0 heterocycles. The molecule has 0 aromatic carbocycles. The molecule has 0 spiro atoms. The lowest BCUT2D eigenvalue weighted by atomic mass is 9.79. The van der Waals surface area contributed by atoms with Crippen molar-refractivity contribution in [3.63, 3.8) is 0 Å². The summed E-state index contributed by atoms with van der Waals surface area (Å²) in [5, 5.41) is 3.58. The minimum atomic E-state index is 0.739. The fourth-order valence-electron chi connectivity index (χ4n) is 3.01. The third-order valence-corrected chi connectivity index (χ3v) is 4.36. The van der Waals surface area contributed by atoms with E-state index in [2.05, 4.69) is 33.1 Å². The molecule has 2 atom stereocenters. The van der Waals surface area contributed by atoms with E-state index in [1.54, 1.807) is 0 Å². The van der Waals surface area contributed by atoms with Crippen LogP contribution in [0.15, 0.2) is 0 Å². The number of rotatable bonds is 4. The summed E-state index contributed by atoms with van der Waals surface area (Å²) in [6, 6.07) is 0.739. The Balaban J connectivity index is 2.54. The van der Waals surface area contributed by atoms with Gasteiger partial charge in [0.1, 0.15) is 0 Å². The van der Waals surface area contributed by atoms with Crippen LogP contribution >= 0.6 is 0 Å². The highest BCUT2D eigenvalue weighted by molar-refractivity contribution is 4.82. The van der Waals surface area contributed by atoms with Crippen LogP contribution in [0.25, 0.3) is 0 Å². The minimum absolute atomic E-state index is 0.739. The van der Waals surface area contributed by atoms with Gasteiger partial charge in [0.05, 0.1) is 0 Å². The smallest absolute Gasteiger partial charge is 0.0120 e. The van der Waals surface area contributed by atoms with Crippen LogP contribution in [0, 0.1) is 17.8 Å². The topological polar surface area (TPSA) is 12.0 Å². The van der Waals surface area contributed by atoms with Crippen LogP contribution in [0.3, 0.4) is 0 Å². The standard InChI is InChI=1S/C14H29N/c1-11(2)12(3)14(15-4)13-9-7-5-6-8-10-13/h11-15H,5-10H2,1-4H3. The Morgan fingerprint density at radius 3 is 1.87 bits per heavy atom. The molecule has 0 saturated heterocycles. The highest BCUT2D eigenvalue weighted by atomic mass is 14.9.